The summed E-state index contributed by atoms with van der Waals surface area (Å²) in [4.78, 5) is 0. The normalized spacial score (nSPS) is 27.2. The van der Waals surface area contributed by atoms with E-state index in [4.69, 9.17) is 0 Å². The molecule has 1 aliphatic carbocycles. The van der Waals surface area contributed by atoms with Gasteiger partial charge in [0.05, 0.1) is 0 Å². The van der Waals surface area contributed by atoms with E-state index in [9.17, 15) is 10.4 Å². The molecule has 4 nitrogen and oxygen atoms in total. The molecule has 102 valence electrons. The summed E-state index contributed by atoms with van der Waals surface area (Å²) in [6.07, 6.45) is 4.88. The largest absolute Gasteiger partial charge is 0.307 e. The number of hydrogen-bond donors (Lipinski definition) is 2. The molecule has 4 heteroatoms. The zero-order valence-corrected chi connectivity index (χ0v) is 11.3. The van der Waals surface area contributed by atoms with Crippen molar-refractivity contribution in [1.29, 1.82) is 0 Å². The van der Waals surface area contributed by atoms with Crippen LogP contribution in [0.1, 0.15) is 44.6 Å². The molecule has 1 unspecified atom stereocenters. The Morgan fingerprint density at radius 3 is 2.42 bits per heavy atom. The molecule has 3 rings (SSSR count). The van der Waals surface area contributed by atoms with Crippen molar-refractivity contribution in [3.8, 4) is 0 Å². The van der Waals surface area contributed by atoms with Crippen LogP contribution in [0.5, 0.6) is 0 Å². The van der Waals surface area contributed by atoms with Gasteiger partial charge in [-0.2, -0.15) is 0 Å². The molecule has 1 saturated carbocycles. The molecule has 1 fully saturated rings. The average molecular weight is 261 g/mol. The third kappa shape index (κ3) is 1.78. The maximum atomic E-state index is 10.7. The van der Waals surface area contributed by atoms with Crippen LogP contribution in [-0.2, 0) is 0 Å². The van der Waals surface area contributed by atoms with Crippen LogP contribution in [0.15, 0.2) is 30.3 Å². The minimum Gasteiger partial charge on any atom is -0.307 e. The number of hydroxylamine groups is 3. The summed E-state index contributed by atoms with van der Waals surface area (Å²) >= 11 is 0. The summed E-state index contributed by atoms with van der Waals surface area (Å²) in [6, 6.07) is 9.63. The first-order chi connectivity index (χ1) is 9.17. The Hall–Kier alpha value is -1.39. The van der Waals surface area contributed by atoms with Crippen LogP contribution in [0.25, 0.3) is 0 Å². The van der Waals surface area contributed by atoms with Gasteiger partial charge in [0.15, 0.2) is 0 Å². The van der Waals surface area contributed by atoms with Gasteiger partial charge in [0.1, 0.15) is 6.04 Å². The van der Waals surface area contributed by atoms with Crippen LogP contribution < -0.4 is 0 Å². The van der Waals surface area contributed by atoms with Gasteiger partial charge >= 0.3 is 0 Å². The zero-order chi connectivity index (χ0) is 13.5. The van der Waals surface area contributed by atoms with E-state index >= 15 is 0 Å². The zero-order valence-electron chi connectivity index (χ0n) is 11.3. The molecule has 0 amide bonds. The van der Waals surface area contributed by atoms with Crippen LogP contribution in [0.4, 0.5) is 0 Å². The lowest BCUT2D eigenvalue weighted by molar-refractivity contribution is -0.843. The molecule has 0 bridgehead atoms. The lowest BCUT2D eigenvalue weighted by Crippen LogP contribution is -2.52. The second-order valence-corrected chi connectivity index (χ2v) is 5.63. The maximum Gasteiger partial charge on any atom is 0.288 e. The maximum absolute atomic E-state index is 10.7. The van der Waals surface area contributed by atoms with E-state index in [1.165, 1.54) is 16.2 Å². The monoisotopic (exact) mass is 261 g/mol. The number of rotatable bonds is 1. The fourth-order valence-electron chi connectivity index (χ4n) is 3.51. The van der Waals surface area contributed by atoms with Crippen molar-refractivity contribution in [3.05, 3.63) is 35.9 Å². The van der Waals surface area contributed by atoms with Gasteiger partial charge in [0.25, 0.3) is 11.4 Å². The summed E-state index contributed by atoms with van der Waals surface area (Å²) in [5, 5.41) is 22.5. The third-order valence-electron chi connectivity index (χ3n) is 4.54. The Labute approximate surface area is 113 Å². The first-order valence-electron chi connectivity index (χ1n) is 7.06. The predicted molar refractivity (Wildman–Crippen MR) is 71.5 cm³/mol. The van der Waals surface area contributed by atoms with Crippen molar-refractivity contribution in [2.24, 2.45) is 0 Å². The van der Waals surface area contributed by atoms with Gasteiger partial charge < -0.3 is 5.21 Å². The van der Waals surface area contributed by atoms with E-state index in [0.29, 0.717) is 0 Å². The lowest BCUT2D eigenvalue weighted by atomic mass is 9.89. The highest BCUT2D eigenvalue weighted by molar-refractivity contribution is 6.01. The fraction of sp³-hybridized carbons (Fsp3) is 0.533. The van der Waals surface area contributed by atoms with Crippen LogP contribution in [0.3, 0.4) is 0 Å². The Morgan fingerprint density at radius 2 is 1.79 bits per heavy atom. The molecule has 2 aliphatic rings. The average Bonchev–Trinajstić information content (AvgIpc) is 2.63. The molecule has 1 aliphatic heterocycles. The van der Waals surface area contributed by atoms with E-state index in [1.807, 2.05) is 37.3 Å². The quantitative estimate of drug-likeness (QED) is 0.603. The van der Waals surface area contributed by atoms with Crippen LogP contribution >= 0.6 is 0 Å². The Kier molecular flexibility index (Phi) is 3.07. The van der Waals surface area contributed by atoms with Crippen molar-refractivity contribution in [3.63, 3.8) is 0 Å². The first kappa shape index (κ1) is 12.6. The highest BCUT2D eigenvalue weighted by Gasteiger charge is 2.60. The van der Waals surface area contributed by atoms with Crippen LogP contribution in [0, 0.1) is 0 Å². The van der Waals surface area contributed by atoms with Gasteiger partial charge in [-0.15, -0.1) is 5.06 Å². The predicted octanol–water partition coefficient (Wildman–Crippen LogP) is 2.63. The highest BCUT2D eigenvalue weighted by Crippen LogP contribution is 2.38. The molecule has 1 aromatic carbocycles. The van der Waals surface area contributed by atoms with Crippen molar-refractivity contribution >= 4 is 5.71 Å². The Morgan fingerprint density at radius 1 is 1.16 bits per heavy atom. The molecule has 1 atom stereocenters. The molecule has 1 aromatic rings. The minimum atomic E-state index is -0.622. The second-order valence-electron chi connectivity index (χ2n) is 5.63. The van der Waals surface area contributed by atoms with Gasteiger partial charge in [-0.25, -0.2) is 0 Å². The molecular weight excluding hydrogens is 240 g/mol. The van der Waals surface area contributed by atoms with Crippen molar-refractivity contribution < 1.29 is 15.2 Å². The summed E-state index contributed by atoms with van der Waals surface area (Å²) < 4.78 is 1.33. The minimum absolute atomic E-state index is 0.189. The van der Waals surface area contributed by atoms with Gasteiger partial charge in [0.2, 0.25) is 0 Å². The molecule has 1 heterocycles. The molecular formula is C15H21N2O2+. The molecule has 0 radical (unpaired) electrons. The van der Waals surface area contributed by atoms with Gasteiger partial charge in [-0.05, 0) is 36.6 Å². The van der Waals surface area contributed by atoms with Gasteiger partial charge in [-0.3, -0.25) is 5.21 Å². The first-order valence-corrected chi connectivity index (χ1v) is 7.06. The van der Waals surface area contributed by atoms with Gasteiger partial charge in [0, 0.05) is 18.4 Å². The van der Waals surface area contributed by atoms with Gasteiger partial charge in [-0.1, -0.05) is 24.6 Å². The summed E-state index contributed by atoms with van der Waals surface area (Å²) in [7, 11) is 0. The third-order valence-corrected chi connectivity index (χ3v) is 4.54. The van der Waals surface area contributed by atoms with Crippen LogP contribution in [-0.4, -0.2) is 37.6 Å². The molecule has 1 spiro atoms. The Balaban J connectivity index is 2.07. The fourth-order valence-corrected chi connectivity index (χ4v) is 3.51. The Bertz CT molecular complexity index is 492. The molecule has 2 N–H and O–H groups in total. The van der Waals surface area contributed by atoms with E-state index in [0.717, 1.165) is 37.0 Å². The van der Waals surface area contributed by atoms with E-state index in [2.05, 4.69) is 0 Å². The number of nitrogens with zero attached hydrogens (tertiary/aromatic N) is 2. The SMILES string of the molecule is CC1C(c2ccccc2)=[N+](O)C2(CCCCC2)N1O. The van der Waals surface area contributed by atoms with E-state index in [-0.39, 0.29) is 6.04 Å². The summed E-state index contributed by atoms with van der Waals surface area (Å²) in [6.45, 7) is 1.94. The standard InChI is InChI=1S/C15H21N2O2/c1-12-14(13-8-4-2-5-9-13)17(19)15(16(12)18)10-6-3-7-11-15/h2,4-5,8-9,12,18-19H,3,6-7,10-11H2,1H3/q+1. The van der Waals surface area contributed by atoms with E-state index < -0.39 is 5.66 Å². The second kappa shape index (κ2) is 4.62. The number of hydrogen-bond acceptors (Lipinski definition) is 3. The lowest BCUT2D eigenvalue weighted by Gasteiger charge is -2.31. The van der Waals surface area contributed by atoms with Crippen molar-refractivity contribution in [2.75, 3.05) is 0 Å². The molecule has 0 saturated heterocycles. The summed E-state index contributed by atoms with van der Waals surface area (Å²) in [5.74, 6) is 0. The van der Waals surface area contributed by atoms with E-state index in [1.54, 1.807) is 0 Å². The topological polar surface area (TPSA) is 46.7 Å². The molecule has 19 heavy (non-hydrogen) atoms. The molecule has 0 aromatic heterocycles. The highest BCUT2D eigenvalue weighted by atomic mass is 16.6. The summed E-state index contributed by atoms with van der Waals surface area (Å²) in [5.41, 5.74) is 1.15. The smallest absolute Gasteiger partial charge is 0.288 e. The van der Waals surface area contributed by atoms with Crippen molar-refractivity contribution in [1.82, 2.24) is 5.06 Å². The number of benzene rings is 1. The van der Waals surface area contributed by atoms with Crippen LogP contribution in [0.2, 0.25) is 0 Å². The van der Waals surface area contributed by atoms with Crippen molar-refractivity contribution in [2.45, 2.75) is 50.7 Å².